The van der Waals surface area contributed by atoms with Gasteiger partial charge in [0, 0.05) is 17.3 Å². The van der Waals surface area contributed by atoms with Gasteiger partial charge in [0.25, 0.3) is 5.91 Å². The first-order chi connectivity index (χ1) is 9.06. The second kappa shape index (κ2) is 5.48. The normalized spacial score (nSPS) is 14.8. The van der Waals surface area contributed by atoms with Crippen LogP contribution >= 0.6 is 0 Å². The van der Waals surface area contributed by atoms with Crippen LogP contribution in [0.4, 0.5) is 0 Å². The van der Waals surface area contributed by atoms with Crippen molar-refractivity contribution in [2.75, 3.05) is 0 Å². The summed E-state index contributed by atoms with van der Waals surface area (Å²) in [5.41, 5.74) is 18.5. The van der Waals surface area contributed by atoms with Crippen molar-refractivity contribution in [3.63, 3.8) is 0 Å². The van der Waals surface area contributed by atoms with E-state index >= 15 is 0 Å². The van der Waals surface area contributed by atoms with E-state index in [1.165, 1.54) is 6.08 Å². The number of nitrogens with two attached hydrogens (primary N) is 3. The first-order valence-electron chi connectivity index (χ1n) is 6.16. The number of amides is 1. The lowest BCUT2D eigenvalue weighted by atomic mass is 10.1. The fourth-order valence-corrected chi connectivity index (χ4v) is 1.59. The van der Waals surface area contributed by atoms with Crippen LogP contribution in [0.3, 0.4) is 0 Å². The average molecular weight is 258 g/mol. The third-order valence-corrected chi connectivity index (χ3v) is 2.85. The number of benzene rings is 1. The van der Waals surface area contributed by atoms with Crippen LogP contribution in [0.1, 0.15) is 28.8 Å². The van der Waals surface area contributed by atoms with Gasteiger partial charge in [-0.25, -0.2) is 0 Å². The van der Waals surface area contributed by atoms with Crippen LogP contribution in [0.15, 0.2) is 42.2 Å². The van der Waals surface area contributed by atoms with Crippen molar-refractivity contribution in [2.45, 2.75) is 18.9 Å². The molecule has 0 atom stereocenters. The summed E-state index contributed by atoms with van der Waals surface area (Å²) in [6.07, 6.45) is 5.32. The highest BCUT2D eigenvalue weighted by Gasteiger charge is 2.23. The maximum atomic E-state index is 11.8. The molecule has 0 unspecified atom stereocenters. The molecule has 1 aliphatic rings. The third kappa shape index (κ3) is 3.77. The fraction of sp³-hybridized carbons (Fsp3) is 0.214. The molecular formula is C14H18N4O. The van der Waals surface area contributed by atoms with Crippen LogP contribution in [0.2, 0.25) is 0 Å². The predicted octanol–water partition coefficient (Wildman–Crippen LogP) is 0.637. The Hall–Kier alpha value is -2.43. The van der Waals surface area contributed by atoms with E-state index in [4.69, 9.17) is 17.2 Å². The Morgan fingerprint density at radius 1 is 1.05 bits per heavy atom. The molecule has 5 heteroatoms. The Balaban J connectivity index is 2.06. The molecule has 0 aromatic heterocycles. The maximum absolute atomic E-state index is 11.8. The molecule has 0 aliphatic heterocycles. The average Bonchev–Trinajstić information content (AvgIpc) is 3.20. The molecule has 1 fully saturated rings. The molecule has 0 spiro atoms. The minimum absolute atomic E-state index is 0.0392. The molecule has 7 N–H and O–H groups in total. The van der Waals surface area contributed by atoms with Crippen molar-refractivity contribution < 1.29 is 4.79 Å². The van der Waals surface area contributed by atoms with Gasteiger partial charge in [-0.2, -0.15) is 0 Å². The molecule has 5 nitrogen and oxygen atoms in total. The van der Waals surface area contributed by atoms with E-state index in [0.29, 0.717) is 17.3 Å². The van der Waals surface area contributed by atoms with Crippen molar-refractivity contribution in [3.05, 3.63) is 53.4 Å². The lowest BCUT2D eigenvalue weighted by molar-refractivity contribution is 0.0951. The lowest BCUT2D eigenvalue weighted by Crippen LogP contribution is -2.25. The number of carbonyl (C=O) groups excluding carboxylic acids is 1. The molecule has 100 valence electrons. The van der Waals surface area contributed by atoms with Gasteiger partial charge in [-0.3, -0.25) is 4.79 Å². The van der Waals surface area contributed by atoms with E-state index in [9.17, 15) is 4.79 Å². The topological polar surface area (TPSA) is 107 Å². The zero-order valence-electron chi connectivity index (χ0n) is 10.6. The second-order valence-electron chi connectivity index (χ2n) is 4.61. The first-order valence-corrected chi connectivity index (χ1v) is 6.16. The summed E-state index contributed by atoms with van der Waals surface area (Å²) < 4.78 is 0. The Morgan fingerprint density at radius 2 is 1.63 bits per heavy atom. The second-order valence-corrected chi connectivity index (χ2v) is 4.61. The highest BCUT2D eigenvalue weighted by Crippen LogP contribution is 2.19. The van der Waals surface area contributed by atoms with Crippen LogP contribution in [-0.4, -0.2) is 11.9 Å². The predicted molar refractivity (Wildman–Crippen MR) is 75.6 cm³/mol. The largest absolute Gasteiger partial charge is 0.398 e. The Labute approximate surface area is 112 Å². The van der Waals surface area contributed by atoms with Gasteiger partial charge in [0.15, 0.2) is 0 Å². The van der Waals surface area contributed by atoms with E-state index in [1.807, 2.05) is 0 Å². The highest BCUT2D eigenvalue weighted by molar-refractivity contribution is 5.94. The van der Waals surface area contributed by atoms with Crippen LogP contribution in [0.25, 0.3) is 5.70 Å². The third-order valence-electron chi connectivity index (χ3n) is 2.85. The summed E-state index contributed by atoms with van der Waals surface area (Å²) in [7, 11) is 0. The monoisotopic (exact) mass is 258 g/mol. The molecule has 19 heavy (non-hydrogen) atoms. The standard InChI is InChI=1S/C14H18N4O/c15-12(7-8-13(16)17)9-1-3-10(4-2-9)14(19)18-11-5-6-11/h1-4,7-8,11H,5-6,15-17H2,(H,18,19)/b12-7-. The van der Waals surface area contributed by atoms with Crippen molar-refractivity contribution in [3.8, 4) is 0 Å². The molecule has 1 amide bonds. The molecule has 0 saturated heterocycles. The number of rotatable bonds is 4. The summed E-state index contributed by atoms with van der Waals surface area (Å²) in [6, 6.07) is 7.46. The van der Waals surface area contributed by atoms with Crippen molar-refractivity contribution in [1.29, 1.82) is 0 Å². The smallest absolute Gasteiger partial charge is 0.251 e. The fourth-order valence-electron chi connectivity index (χ4n) is 1.59. The van der Waals surface area contributed by atoms with Gasteiger partial charge < -0.3 is 22.5 Å². The Morgan fingerprint density at radius 3 is 2.16 bits per heavy atom. The SMILES string of the molecule is NC(N)=C/C=C(\N)c1ccc(C(=O)NC2CC2)cc1. The van der Waals surface area contributed by atoms with E-state index < -0.39 is 0 Å². The molecule has 1 saturated carbocycles. The lowest BCUT2D eigenvalue weighted by Gasteiger charge is -2.05. The van der Waals surface area contributed by atoms with Crippen molar-refractivity contribution in [2.24, 2.45) is 17.2 Å². The molecule has 0 heterocycles. The van der Waals surface area contributed by atoms with Crippen molar-refractivity contribution in [1.82, 2.24) is 5.32 Å². The maximum Gasteiger partial charge on any atom is 0.251 e. The summed E-state index contributed by atoms with van der Waals surface area (Å²) in [5, 5.41) is 2.93. The molecule has 1 aromatic rings. The number of hydrogen-bond donors (Lipinski definition) is 4. The van der Waals surface area contributed by atoms with E-state index in [2.05, 4.69) is 5.32 Å². The summed E-state index contributed by atoms with van der Waals surface area (Å²) >= 11 is 0. The summed E-state index contributed by atoms with van der Waals surface area (Å²) in [5.74, 6) is 0.158. The molecular weight excluding hydrogens is 240 g/mol. The first kappa shape index (κ1) is 13.0. The highest BCUT2D eigenvalue weighted by atomic mass is 16.1. The number of carbonyl (C=O) groups is 1. The quantitative estimate of drug-likeness (QED) is 0.594. The van der Waals surface area contributed by atoms with Gasteiger partial charge in [-0.15, -0.1) is 0 Å². The number of allylic oxidation sites excluding steroid dienone is 2. The molecule has 1 aromatic carbocycles. The van der Waals surface area contributed by atoms with Gasteiger partial charge in [0.1, 0.15) is 0 Å². The molecule has 0 radical (unpaired) electrons. The number of nitrogens with one attached hydrogen (secondary N) is 1. The molecule has 0 bridgehead atoms. The minimum atomic E-state index is -0.0392. The molecule has 1 aliphatic carbocycles. The van der Waals surface area contributed by atoms with Gasteiger partial charge in [0.05, 0.1) is 5.82 Å². The van der Waals surface area contributed by atoms with Gasteiger partial charge in [0.2, 0.25) is 0 Å². The van der Waals surface area contributed by atoms with E-state index in [-0.39, 0.29) is 11.7 Å². The van der Waals surface area contributed by atoms with Crippen LogP contribution < -0.4 is 22.5 Å². The minimum Gasteiger partial charge on any atom is -0.398 e. The van der Waals surface area contributed by atoms with Crippen LogP contribution in [0, 0.1) is 0 Å². The number of hydrogen-bond acceptors (Lipinski definition) is 4. The van der Waals surface area contributed by atoms with Crippen LogP contribution in [-0.2, 0) is 0 Å². The summed E-state index contributed by atoms with van der Waals surface area (Å²) in [6.45, 7) is 0. The zero-order chi connectivity index (χ0) is 13.8. The van der Waals surface area contributed by atoms with Gasteiger partial charge in [-0.05, 0) is 42.7 Å². The van der Waals surface area contributed by atoms with E-state index in [0.717, 1.165) is 18.4 Å². The Kier molecular flexibility index (Phi) is 3.75. The summed E-state index contributed by atoms with van der Waals surface area (Å²) in [4.78, 5) is 11.8. The Bertz CT molecular complexity index is 523. The zero-order valence-corrected chi connectivity index (χ0v) is 10.6. The van der Waals surface area contributed by atoms with Gasteiger partial charge in [-0.1, -0.05) is 12.1 Å². The van der Waals surface area contributed by atoms with Crippen molar-refractivity contribution >= 4 is 11.6 Å². The van der Waals surface area contributed by atoms with E-state index in [1.54, 1.807) is 30.3 Å². The van der Waals surface area contributed by atoms with Crippen LogP contribution in [0.5, 0.6) is 0 Å². The molecule has 2 rings (SSSR count). The van der Waals surface area contributed by atoms with Gasteiger partial charge >= 0.3 is 0 Å².